The van der Waals surface area contributed by atoms with Crippen LogP contribution in [0.3, 0.4) is 0 Å². The number of ether oxygens (including phenoxy) is 2. The Hall–Kier alpha value is 0.350. The maximum atomic E-state index is 12.7. The lowest BCUT2D eigenvalue weighted by molar-refractivity contribution is -0.152. The van der Waals surface area contributed by atoms with Crippen molar-refractivity contribution in [2.75, 3.05) is 6.61 Å². The molecule has 3 rings (SSSR count). The van der Waals surface area contributed by atoms with E-state index in [1.807, 2.05) is 19.1 Å². The van der Waals surface area contributed by atoms with Gasteiger partial charge in [-0.25, -0.2) is 0 Å². The first-order valence-electron chi connectivity index (χ1n) is 8.43. The largest absolute Gasteiger partial charge is 0.465 e. The summed E-state index contributed by atoms with van der Waals surface area (Å²) in [5.74, 6) is 0.823. The zero-order valence-electron chi connectivity index (χ0n) is 13.8. The van der Waals surface area contributed by atoms with E-state index in [1.165, 1.54) is 0 Å². The van der Waals surface area contributed by atoms with E-state index in [-0.39, 0.29) is 35.6 Å². The highest BCUT2D eigenvalue weighted by Gasteiger charge is 2.52. The van der Waals surface area contributed by atoms with Gasteiger partial charge in [-0.15, -0.1) is 0 Å². The summed E-state index contributed by atoms with van der Waals surface area (Å²) in [6.07, 6.45) is 3.28. The molecular weight excluding hydrogens is 661 g/mol. The minimum atomic E-state index is -0.148. The smallest absolute Gasteiger partial charge is 0.314 e. The Balaban J connectivity index is 1.63. The lowest BCUT2D eigenvalue weighted by atomic mass is 9.82. The first-order chi connectivity index (χ1) is 11.9. The summed E-state index contributed by atoms with van der Waals surface area (Å²) in [7, 11) is 0. The molecule has 25 heavy (non-hydrogen) atoms. The molecular formula is C18H19I3O4. The Kier molecular flexibility index (Phi) is 6.89. The molecule has 0 aliphatic heterocycles. The third-order valence-corrected chi connectivity index (χ3v) is 7.30. The zero-order valence-corrected chi connectivity index (χ0v) is 20.2. The predicted molar refractivity (Wildman–Crippen MR) is 119 cm³/mol. The average Bonchev–Trinajstić information content (AvgIpc) is 3.16. The fourth-order valence-corrected chi connectivity index (χ4v) is 7.77. The van der Waals surface area contributed by atoms with Crippen LogP contribution in [0.5, 0.6) is 5.75 Å². The van der Waals surface area contributed by atoms with E-state index in [4.69, 9.17) is 9.47 Å². The molecule has 0 spiro atoms. The van der Waals surface area contributed by atoms with Gasteiger partial charge in [0.05, 0.1) is 25.6 Å². The summed E-state index contributed by atoms with van der Waals surface area (Å²) in [4.78, 5) is 24.8. The van der Waals surface area contributed by atoms with Crippen molar-refractivity contribution in [3.63, 3.8) is 0 Å². The molecule has 2 saturated carbocycles. The van der Waals surface area contributed by atoms with Crippen LogP contribution in [-0.4, -0.2) is 18.5 Å². The van der Waals surface area contributed by atoms with Gasteiger partial charge in [0.25, 0.3) is 0 Å². The van der Waals surface area contributed by atoms with Crippen LogP contribution in [0.2, 0.25) is 0 Å². The number of fused-ring (bicyclic) bond motifs is 2. The summed E-state index contributed by atoms with van der Waals surface area (Å²) in [5.41, 5.74) is 0. The van der Waals surface area contributed by atoms with E-state index in [0.717, 1.165) is 36.4 Å². The van der Waals surface area contributed by atoms with E-state index < -0.39 is 0 Å². The SMILES string of the molecule is CCCOC(=O)C1CC2CC1CC2C(=O)Oc1c(I)cc(I)cc1I. The fraction of sp³-hybridized carbons (Fsp3) is 0.556. The van der Waals surface area contributed by atoms with E-state index in [0.29, 0.717) is 12.4 Å². The van der Waals surface area contributed by atoms with Crippen LogP contribution in [-0.2, 0) is 14.3 Å². The lowest BCUT2D eigenvalue weighted by Gasteiger charge is -2.25. The second kappa shape index (κ2) is 8.57. The highest BCUT2D eigenvalue weighted by Crippen LogP contribution is 2.52. The van der Waals surface area contributed by atoms with Gasteiger partial charge in [-0.2, -0.15) is 0 Å². The van der Waals surface area contributed by atoms with Crippen LogP contribution in [0.1, 0.15) is 32.6 Å². The van der Waals surface area contributed by atoms with Crippen LogP contribution in [0, 0.1) is 34.4 Å². The third kappa shape index (κ3) is 4.44. The monoisotopic (exact) mass is 680 g/mol. The Morgan fingerprint density at radius 3 is 2.08 bits per heavy atom. The number of halogens is 3. The minimum Gasteiger partial charge on any atom is -0.465 e. The highest BCUT2D eigenvalue weighted by atomic mass is 127. The maximum Gasteiger partial charge on any atom is 0.314 e. The molecule has 0 radical (unpaired) electrons. The van der Waals surface area contributed by atoms with Crippen molar-refractivity contribution in [2.45, 2.75) is 32.6 Å². The zero-order chi connectivity index (χ0) is 18.1. The molecule has 0 saturated heterocycles. The highest BCUT2D eigenvalue weighted by molar-refractivity contribution is 14.1. The number of hydrogen-bond donors (Lipinski definition) is 0. The van der Waals surface area contributed by atoms with Crippen LogP contribution >= 0.6 is 67.8 Å². The van der Waals surface area contributed by atoms with Gasteiger partial charge >= 0.3 is 11.9 Å². The summed E-state index contributed by atoms with van der Waals surface area (Å²) in [6.45, 7) is 2.48. The molecule has 2 bridgehead atoms. The average molecular weight is 680 g/mol. The Morgan fingerprint density at radius 2 is 1.56 bits per heavy atom. The van der Waals surface area contributed by atoms with Crippen molar-refractivity contribution in [3.8, 4) is 5.75 Å². The third-order valence-electron chi connectivity index (χ3n) is 5.08. The number of esters is 2. The van der Waals surface area contributed by atoms with E-state index >= 15 is 0 Å². The molecule has 2 fully saturated rings. The van der Waals surface area contributed by atoms with E-state index in [1.54, 1.807) is 0 Å². The van der Waals surface area contributed by atoms with Gasteiger partial charge in [-0.1, -0.05) is 6.92 Å². The van der Waals surface area contributed by atoms with Crippen LogP contribution in [0.25, 0.3) is 0 Å². The van der Waals surface area contributed by atoms with E-state index in [9.17, 15) is 9.59 Å². The summed E-state index contributed by atoms with van der Waals surface area (Å²) in [5, 5.41) is 0. The molecule has 4 unspecified atom stereocenters. The second-order valence-electron chi connectivity index (χ2n) is 6.73. The van der Waals surface area contributed by atoms with Crippen molar-refractivity contribution in [1.29, 1.82) is 0 Å². The molecule has 2 aliphatic rings. The molecule has 0 amide bonds. The molecule has 1 aromatic rings. The van der Waals surface area contributed by atoms with Crippen LogP contribution < -0.4 is 4.74 Å². The summed E-state index contributed by atoms with van der Waals surface area (Å²) >= 11 is 6.67. The topological polar surface area (TPSA) is 52.6 Å². The van der Waals surface area contributed by atoms with Gasteiger partial charge in [0, 0.05) is 3.57 Å². The van der Waals surface area contributed by atoms with Crippen molar-refractivity contribution in [1.82, 2.24) is 0 Å². The summed E-state index contributed by atoms with van der Waals surface area (Å²) < 4.78 is 14.1. The van der Waals surface area contributed by atoms with Crippen molar-refractivity contribution < 1.29 is 19.1 Å². The standard InChI is InChI=1S/C18H19I3O4/c1-2-3-24-17(22)12-5-10-4-9(12)6-13(10)18(23)25-16-14(20)7-11(19)8-15(16)21/h7-10,12-13H,2-6H2,1H3. The minimum absolute atomic E-state index is 0.0285. The predicted octanol–water partition coefficient (Wildman–Crippen LogP) is 5.02. The van der Waals surface area contributed by atoms with Gasteiger partial charge in [-0.05, 0) is 117 Å². The normalized spacial score (nSPS) is 27.4. The van der Waals surface area contributed by atoms with Crippen LogP contribution in [0.15, 0.2) is 12.1 Å². The second-order valence-corrected chi connectivity index (χ2v) is 10.3. The number of carbonyl (C=O) groups is 2. The molecule has 7 heteroatoms. The van der Waals surface area contributed by atoms with Crippen molar-refractivity contribution in [2.24, 2.45) is 23.7 Å². The molecule has 136 valence electrons. The van der Waals surface area contributed by atoms with Gasteiger partial charge in [0.1, 0.15) is 0 Å². The molecule has 0 N–H and O–H groups in total. The number of carbonyl (C=O) groups excluding carboxylic acids is 2. The fourth-order valence-electron chi connectivity index (χ4n) is 3.97. The molecule has 0 heterocycles. The number of rotatable bonds is 5. The van der Waals surface area contributed by atoms with Crippen molar-refractivity contribution in [3.05, 3.63) is 22.8 Å². The first-order valence-corrected chi connectivity index (χ1v) is 11.7. The Bertz CT molecular complexity index is 668. The van der Waals surface area contributed by atoms with E-state index in [2.05, 4.69) is 67.8 Å². The van der Waals surface area contributed by atoms with Gasteiger partial charge in [0.2, 0.25) is 0 Å². The Labute approximate surface area is 188 Å². The van der Waals surface area contributed by atoms with Crippen molar-refractivity contribution >= 4 is 79.7 Å². The maximum absolute atomic E-state index is 12.7. The molecule has 2 aliphatic carbocycles. The number of benzene rings is 1. The van der Waals surface area contributed by atoms with Gasteiger partial charge in [-0.3, -0.25) is 9.59 Å². The quantitative estimate of drug-likeness (QED) is 0.249. The summed E-state index contributed by atoms with van der Waals surface area (Å²) in [6, 6.07) is 4.01. The Morgan fingerprint density at radius 1 is 1.00 bits per heavy atom. The molecule has 4 nitrogen and oxygen atoms in total. The lowest BCUT2D eigenvalue weighted by Crippen LogP contribution is -2.32. The van der Waals surface area contributed by atoms with Gasteiger partial charge < -0.3 is 9.47 Å². The molecule has 1 aromatic carbocycles. The van der Waals surface area contributed by atoms with Crippen LogP contribution in [0.4, 0.5) is 0 Å². The number of hydrogen-bond acceptors (Lipinski definition) is 4. The first kappa shape index (κ1) is 20.1. The molecule has 4 atom stereocenters. The molecule has 0 aromatic heterocycles. The van der Waals surface area contributed by atoms with Gasteiger partial charge in [0.15, 0.2) is 5.75 Å².